The molecule has 3 atom stereocenters. The maximum Gasteiger partial charge on any atom is 0.0616 e. The Balaban J connectivity index is 2.37. The summed E-state index contributed by atoms with van der Waals surface area (Å²) < 4.78 is 0. The van der Waals surface area contributed by atoms with Crippen LogP contribution in [-0.2, 0) is 6.42 Å². The largest absolute Gasteiger partial charge is 0.118 e. The molecule has 1 aliphatic rings. The van der Waals surface area contributed by atoms with Crippen LogP contribution in [0.4, 0.5) is 0 Å². The first kappa shape index (κ1) is 10.0. The van der Waals surface area contributed by atoms with Crippen LogP contribution in [0.3, 0.4) is 0 Å². The van der Waals surface area contributed by atoms with Crippen molar-refractivity contribution in [2.45, 2.75) is 32.1 Å². The number of fused-ring (bicyclic) bond motifs is 1. The number of hydrogen-bond acceptors (Lipinski definition) is 0. The van der Waals surface area contributed by atoms with Gasteiger partial charge in [-0.15, -0.1) is 11.6 Å². The van der Waals surface area contributed by atoms with Gasteiger partial charge in [-0.25, -0.2) is 0 Å². The summed E-state index contributed by atoms with van der Waals surface area (Å²) in [6, 6.07) is 8.60. The molecule has 0 amide bonds. The molecule has 3 unspecified atom stereocenters. The molecular weight excluding hydrogens is 192 g/mol. The maximum atomic E-state index is 6.47. The van der Waals surface area contributed by atoms with Gasteiger partial charge in [0, 0.05) is 0 Å². The van der Waals surface area contributed by atoms with E-state index in [1.54, 1.807) is 0 Å². The Bertz CT molecular complexity index is 319. The minimum atomic E-state index is 0.213. The fraction of sp³-hybridized carbons (Fsp3) is 0.538. The summed E-state index contributed by atoms with van der Waals surface area (Å²) >= 11 is 6.47. The molecule has 14 heavy (non-hydrogen) atoms. The van der Waals surface area contributed by atoms with Gasteiger partial charge in [0.1, 0.15) is 0 Å². The van der Waals surface area contributed by atoms with Crippen LogP contribution in [0.15, 0.2) is 24.3 Å². The summed E-state index contributed by atoms with van der Waals surface area (Å²) in [5.41, 5.74) is 2.81. The SMILES string of the molecule is CCC1Cc2ccccc2C(Cl)C1C. The van der Waals surface area contributed by atoms with Crippen molar-refractivity contribution in [1.29, 1.82) is 0 Å². The monoisotopic (exact) mass is 208 g/mol. The summed E-state index contributed by atoms with van der Waals surface area (Å²) in [5, 5.41) is 0.213. The van der Waals surface area contributed by atoms with Crippen LogP contribution in [0.1, 0.15) is 36.8 Å². The number of benzene rings is 1. The molecule has 0 radical (unpaired) electrons. The minimum absolute atomic E-state index is 0.213. The van der Waals surface area contributed by atoms with Gasteiger partial charge in [0.05, 0.1) is 5.38 Å². The van der Waals surface area contributed by atoms with E-state index in [-0.39, 0.29) is 5.38 Å². The molecule has 0 N–H and O–H groups in total. The predicted molar refractivity (Wildman–Crippen MR) is 61.7 cm³/mol. The van der Waals surface area contributed by atoms with E-state index in [0.717, 1.165) is 5.92 Å². The smallest absolute Gasteiger partial charge is 0.0616 e. The summed E-state index contributed by atoms with van der Waals surface area (Å²) in [7, 11) is 0. The van der Waals surface area contributed by atoms with E-state index in [2.05, 4.69) is 38.1 Å². The third-order valence-electron chi connectivity index (χ3n) is 3.56. The van der Waals surface area contributed by atoms with Crippen molar-refractivity contribution in [3.63, 3.8) is 0 Å². The number of rotatable bonds is 1. The lowest BCUT2D eigenvalue weighted by atomic mass is 9.75. The summed E-state index contributed by atoms with van der Waals surface area (Å²) in [4.78, 5) is 0. The Morgan fingerprint density at radius 2 is 2.07 bits per heavy atom. The molecule has 1 heteroatoms. The highest BCUT2D eigenvalue weighted by Crippen LogP contribution is 2.42. The van der Waals surface area contributed by atoms with E-state index in [4.69, 9.17) is 11.6 Å². The standard InChI is InChI=1S/C13H17Cl/c1-3-10-8-11-6-4-5-7-12(11)13(14)9(10)2/h4-7,9-10,13H,3,8H2,1-2H3. The second kappa shape index (κ2) is 3.94. The topological polar surface area (TPSA) is 0 Å². The van der Waals surface area contributed by atoms with Gasteiger partial charge in [-0.3, -0.25) is 0 Å². The molecule has 0 fully saturated rings. The van der Waals surface area contributed by atoms with Crippen LogP contribution >= 0.6 is 11.6 Å². The fourth-order valence-electron chi connectivity index (χ4n) is 2.50. The van der Waals surface area contributed by atoms with Crippen molar-refractivity contribution in [1.82, 2.24) is 0 Å². The van der Waals surface area contributed by atoms with Gasteiger partial charge in [0.15, 0.2) is 0 Å². The van der Waals surface area contributed by atoms with Gasteiger partial charge in [0.2, 0.25) is 0 Å². The second-order valence-electron chi connectivity index (χ2n) is 4.33. The van der Waals surface area contributed by atoms with Crippen LogP contribution in [0, 0.1) is 11.8 Å². The highest BCUT2D eigenvalue weighted by atomic mass is 35.5. The Labute approximate surface area is 91.3 Å². The van der Waals surface area contributed by atoms with Gasteiger partial charge in [0.25, 0.3) is 0 Å². The van der Waals surface area contributed by atoms with Crippen molar-refractivity contribution in [3.05, 3.63) is 35.4 Å². The molecule has 0 heterocycles. The lowest BCUT2D eigenvalue weighted by Crippen LogP contribution is -2.24. The normalized spacial score (nSPS) is 31.2. The molecular formula is C13H17Cl. The Hall–Kier alpha value is -0.490. The Morgan fingerprint density at radius 1 is 1.36 bits per heavy atom. The molecule has 0 nitrogen and oxygen atoms in total. The minimum Gasteiger partial charge on any atom is -0.118 e. The van der Waals surface area contributed by atoms with Crippen molar-refractivity contribution in [2.24, 2.45) is 11.8 Å². The highest BCUT2D eigenvalue weighted by Gasteiger charge is 2.30. The van der Waals surface area contributed by atoms with Gasteiger partial charge in [-0.05, 0) is 29.4 Å². The third-order valence-corrected chi connectivity index (χ3v) is 4.20. The van der Waals surface area contributed by atoms with E-state index in [9.17, 15) is 0 Å². The van der Waals surface area contributed by atoms with Crippen LogP contribution in [0.2, 0.25) is 0 Å². The van der Waals surface area contributed by atoms with Gasteiger partial charge in [-0.2, -0.15) is 0 Å². The van der Waals surface area contributed by atoms with Crippen LogP contribution in [0.25, 0.3) is 0 Å². The third kappa shape index (κ3) is 1.56. The van der Waals surface area contributed by atoms with E-state index in [1.807, 2.05) is 0 Å². The average molecular weight is 209 g/mol. The first-order valence-corrected chi connectivity index (χ1v) is 5.89. The average Bonchev–Trinajstić information content (AvgIpc) is 2.23. The Morgan fingerprint density at radius 3 is 2.79 bits per heavy atom. The molecule has 0 saturated heterocycles. The van der Waals surface area contributed by atoms with E-state index in [1.165, 1.54) is 24.0 Å². The number of alkyl halides is 1. The molecule has 0 aliphatic heterocycles. The Kier molecular flexibility index (Phi) is 2.83. The molecule has 0 bridgehead atoms. The molecule has 1 aliphatic carbocycles. The predicted octanol–water partition coefficient (Wildman–Crippen LogP) is 4.18. The van der Waals surface area contributed by atoms with Gasteiger partial charge < -0.3 is 0 Å². The summed E-state index contributed by atoms with van der Waals surface area (Å²) in [6.07, 6.45) is 2.44. The number of hydrogen-bond donors (Lipinski definition) is 0. The zero-order chi connectivity index (χ0) is 10.1. The molecule has 0 saturated carbocycles. The van der Waals surface area contributed by atoms with E-state index < -0.39 is 0 Å². The molecule has 1 aromatic carbocycles. The van der Waals surface area contributed by atoms with E-state index in [0.29, 0.717) is 5.92 Å². The van der Waals surface area contributed by atoms with E-state index >= 15 is 0 Å². The molecule has 76 valence electrons. The zero-order valence-corrected chi connectivity index (χ0v) is 9.59. The maximum absolute atomic E-state index is 6.47. The van der Waals surface area contributed by atoms with Gasteiger partial charge >= 0.3 is 0 Å². The van der Waals surface area contributed by atoms with Crippen molar-refractivity contribution < 1.29 is 0 Å². The number of halogens is 1. The summed E-state index contributed by atoms with van der Waals surface area (Å²) in [6.45, 7) is 4.54. The second-order valence-corrected chi connectivity index (χ2v) is 4.80. The quantitative estimate of drug-likeness (QED) is 0.608. The van der Waals surface area contributed by atoms with Crippen molar-refractivity contribution >= 4 is 11.6 Å². The first-order valence-electron chi connectivity index (χ1n) is 5.46. The lowest BCUT2D eigenvalue weighted by Gasteiger charge is -2.34. The van der Waals surface area contributed by atoms with Crippen molar-refractivity contribution in [2.75, 3.05) is 0 Å². The highest BCUT2D eigenvalue weighted by molar-refractivity contribution is 6.21. The van der Waals surface area contributed by atoms with Gasteiger partial charge in [-0.1, -0.05) is 44.5 Å². The molecule has 0 spiro atoms. The van der Waals surface area contributed by atoms with Crippen LogP contribution in [-0.4, -0.2) is 0 Å². The zero-order valence-electron chi connectivity index (χ0n) is 8.83. The molecule has 2 rings (SSSR count). The van der Waals surface area contributed by atoms with Crippen LogP contribution < -0.4 is 0 Å². The van der Waals surface area contributed by atoms with Crippen molar-refractivity contribution in [3.8, 4) is 0 Å². The fourth-order valence-corrected chi connectivity index (χ4v) is 2.91. The first-order chi connectivity index (χ1) is 6.74. The molecule has 0 aromatic heterocycles. The summed E-state index contributed by atoms with van der Waals surface area (Å²) in [5.74, 6) is 1.36. The molecule has 1 aromatic rings. The van der Waals surface area contributed by atoms with Crippen LogP contribution in [0.5, 0.6) is 0 Å². The lowest BCUT2D eigenvalue weighted by molar-refractivity contribution is 0.315.